The zero-order chi connectivity index (χ0) is 29.0. The fourth-order valence-electron chi connectivity index (χ4n) is 5.04. The van der Waals surface area contributed by atoms with Crippen LogP contribution in [0, 0.1) is 0 Å². The minimum Gasteiger partial charge on any atom is -0.487 e. The van der Waals surface area contributed by atoms with Crippen molar-refractivity contribution in [2.24, 2.45) is 0 Å². The molecule has 0 aliphatic carbocycles. The van der Waals surface area contributed by atoms with Gasteiger partial charge in [0, 0.05) is 26.9 Å². The van der Waals surface area contributed by atoms with Gasteiger partial charge in [0.2, 0.25) is 0 Å². The van der Waals surface area contributed by atoms with E-state index in [9.17, 15) is 0 Å². The lowest BCUT2D eigenvalue weighted by atomic mass is 10.0. The highest BCUT2D eigenvalue weighted by molar-refractivity contribution is 9.10. The fraction of sp³-hybridized carbons (Fsp3) is 0.0278. The minimum absolute atomic E-state index is 0.310. The lowest BCUT2D eigenvalue weighted by Crippen LogP contribution is -2.00. The van der Waals surface area contributed by atoms with Gasteiger partial charge in [-0.25, -0.2) is 9.67 Å². The molecule has 0 fully saturated rings. The number of aromatic nitrogens is 5. The predicted molar refractivity (Wildman–Crippen MR) is 173 cm³/mol. The summed E-state index contributed by atoms with van der Waals surface area (Å²) >= 11 is 3.46. The van der Waals surface area contributed by atoms with Crippen molar-refractivity contribution in [1.82, 2.24) is 24.5 Å². The maximum absolute atomic E-state index is 6.08. The van der Waals surface area contributed by atoms with Crippen molar-refractivity contribution in [3.8, 4) is 51.0 Å². The van der Waals surface area contributed by atoms with Crippen molar-refractivity contribution in [2.75, 3.05) is 0 Å². The molecule has 208 valence electrons. The van der Waals surface area contributed by atoms with E-state index in [1.165, 1.54) is 0 Å². The molecule has 6 nitrogen and oxygen atoms in total. The summed E-state index contributed by atoms with van der Waals surface area (Å²) in [7, 11) is 0. The first-order chi connectivity index (χ1) is 21.2. The van der Waals surface area contributed by atoms with Crippen molar-refractivity contribution in [3.63, 3.8) is 0 Å². The van der Waals surface area contributed by atoms with Gasteiger partial charge in [-0.3, -0.25) is 4.57 Å². The van der Waals surface area contributed by atoms with Crippen molar-refractivity contribution < 1.29 is 4.74 Å². The molecular formula is C36H26BrN5O. The molecule has 0 amide bonds. The zero-order valence-electron chi connectivity index (χ0n) is 23.1. The molecule has 7 rings (SSSR count). The Hall–Kier alpha value is -5.27. The molecular weight excluding hydrogens is 598 g/mol. The van der Waals surface area contributed by atoms with Crippen LogP contribution in [0.15, 0.2) is 150 Å². The van der Waals surface area contributed by atoms with Crippen LogP contribution in [0.2, 0.25) is 0 Å². The van der Waals surface area contributed by atoms with Gasteiger partial charge in [-0.05, 0) is 60.7 Å². The number of hydrogen-bond acceptors (Lipinski definition) is 4. The molecule has 0 saturated heterocycles. The third-order valence-electron chi connectivity index (χ3n) is 7.12. The van der Waals surface area contributed by atoms with E-state index in [4.69, 9.17) is 9.72 Å². The topological polar surface area (TPSA) is 57.8 Å². The molecule has 0 saturated carbocycles. The van der Waals surface area contributed by atoms with Crippen LogP contribution in [0.25, 0.3) is 45.3 Å². The second-order valence-electron chi connectivity index (χ2n) is 9.98. The molecule has 0 spiro atoms. The Bertz CT molecular complexity index is 1950. The summed E-state index contributed by atoms with van der Waals surface area (Å²) < 4.78 is 11.1. The average molecular weight is 625 g/mol. The van der Waals surface area contributed by atoms with Crippen LogP contribution in [-0.2, 0) is 6.61 Å². The van der Waals surface area contributed by atoms with Crippen LogP contribution in [0.1, 0.15) is 5.69 Å². The molecule has 7 aromatic rings. The third kappa shape index (κ3) is 5.63. The molecule has 0 N–H and O–H groups in total. The predicted octanol–water partition coefficient (Wildman–Crippen LogP) is 8.80. The first-order valence-corrected chi connectivity index (χ1v) is 14.7. The number of imidazole rings is 1. The Kier molecular flexibility index (Phi) is 7.38. The number of benzene rings is 5. The van der Waals surface area contributed by atoms with Crippen LogP contribution in [0.5, 0.6) is 5.75 Å². The Morgan fingerprint density at radius 2 is 1.23 bits per heavy atom. The Labute approximate surface area is 258 Å². The number of nitrogens with zero attached hydrogens (tertiary/aromatic N) is 5. The Balaban J connectivity index is 1.22. The fourth-order valence-corrected chi connectivity index (χ4v) is 5.31. The number of rotatable bonds is 8. The first-order valence-electron chi connectivity index (χ1n) is 13.9. The van der Waals surface area contributed by atoms with Crippen molar-refractivity contribution in [1.29, 1.82) is 0 Å². The molecule has 0 radical (unpaired) electrons. The molecule has 0 bridgehead atoms. The lowest BCUT2D eigenvalue weighted by molar-refractivity contribution is 0.301. The maximum Gasteiger partial charge on any atom is 0.145 e. The molecule has 0 aliphatic rings. The molecule has 0 unspecified atom stereocenters. The lowest BCUT2D eigenvalue weighted by Gasteiger charge is -2.14. The van der Waals surface area contributed by atoms with E-state index in [-0.39, 0.29) is 0 Å². The van der Waals surface area contributed by atoms with E-state index in [0.717, 1.165) is 61.2 Å². The van der Waals surface area contributed by atoms with E-state index < -0.39 is 0 Å². The van der Waals surface area contributed by atoms with Gasteiger partial charge >= 0.3 is 0 Å². The van der Waals surface area contributed by atoms with Gasteiger partial charge in [0.15, 0.2) is 0 Å². The second-order valence-corrected chi connectivity index (χ2v) is 10.9. The number of ether oxygens (including phenoxy) is 1. The Morgan fingerprint density at radius 3 is 1.91 bits per heavy atom. The van der Waals surface area contributed by atoms with E-state index in [2.05, 4.69) is 116 Å². The SMILES string of the molecule is Brc1ccc(-n2cc(COc3ccc(-c4nc(-c5ccccc5)c(-c5ccccc5)n4-c4ccccc4)cc3)nn2)cc1. The van der Waals surface area contributed by atoms with Crippen molar-refractivity contribution in [2.45, 2.75) is 6.61 Å². The monoisotopic (exact) mass is 623 g/mol. The van der Waals surface area contributed by atoms with E-state index >= 15 is 0 Å². The summed E-state index contributed by atoms with van der Waals surface area (Å²) in [4.78, 5) is 5.26. The molecule has 0 atom stereocenters. The summed E-state index contributed by atoms with van der Waals surface area (Å²) in [6.45, 7) is 0.310. The molecule has 0 aliphatic heterocycles. The van der Waals surface area contributed by atoms with Gasteiger partial charge in [-0.15, -0.1) is 5.10 Å². The highest BCUT2D eigenvalue weighted by Crippen LogP contribution is 2.38. The summed E-state index contributed by atoms with van der Waals surface area (Å²) in [6.07, 6.45) is 1.88. The largest absolute Gasteiger partial charge is 0.487 e. The van der Waals surface area contributed by atoms with E-state index in [0.29, 0.717) is 6.61 Å². The number of para-hydroxylation sites is 1. The van der Waals surface area contributed by atoms with Gasteiger partial charge in [0.25, 0.3) is 0 Å². The summed E-state index contributed by atoms with van der Waals surface area (Å²) in [6, 6.07) is 47.1. The van der Waals surface area contributed by atoms with E-state index in [1.54, 1.807) is 4.68 Å². The maximum atomic E-state index is 6.08. The van der Waals surface area contributed by atoms with Crippen LogP contribution in [-0.4, -0.2) is 24.5 Å². The first kappa shape index (κ1) is 26.6. The normalized spacial score (nSPS) is 11.0. The minimum atomic E-state index is 0.310. The summed E-state index contributed by atoms with van der Waals surface area (Å²) in [5, 5.41) is 8.51. The van der Waals surface area contributed by atoms with Crippen molar-refractivity contribution in [3.05, 3.63) is 156 Å². The molecule has 5 aromatic carbocycles. The molecule has 2 heterocycles. The third-order valence-corrected chi connectivity index (χ3v) is 7.65. The standard InChI is InChI=1S/C36H26BrN5O/c37-29-18-20-31(21-19-29)41-24-30(39-40-41)25-43-33-22-16-28(17-23-33)36-38-34(26-10-4-1-5-11-26)35(27-12-6-2-7-13-27)42(36)32-14-8-3-9-15-32/h1-24H,25H2. The van der Waals surface area contributed by atoms with Crippen LogP contribution in [0.4, 0.5) is 0 Å². The van der Waals surface area contributed by atoms with Crippen molar-refractivity contribution >= 4 is 15.9 Å². The zero-order valence-corrected chi connectivity index (χ0v) is 24.7. The molecule has 7 heteroatoms. The average Bonchev–Trinajstić information content (AvgIpc) is 3.71. The number of hydrogen-bond donors (Lipinski definition) is 0. The van der Waals surface area contributed by atoms with Crippen LogP contribution >= 0.6 is 15.9 Å². The van der Waals surface area contributed by atoms with Gasteiger partial charge < -0.3 is 4.74 Å². The number of halogens is 1. The highest BCUT2D eigenvalue weighted by Gasteiger charge is 2.22. The molecule has 43 heavy (non-hydrogen) atoms. The molecule has 2 aromatic heterocycles. The smallest absolute Gasteiger partial charge is 0.145 e. The van der Waals surface area contributed by atoms with Crippen LogP contribution in [0.3, 0.4) is 0 Å². The highest BCUT2D eigenvalue weighted by atomic mass is 79.9. The van der Waals surface area contributed by atoms with Gasteiger partial charge in [0.1, 0.15) is 23.9 Å². The summed E-state index contributed by atoms with van der Waals surface area (Å²) in [5.74, 6) is 1.60. The second kappa shape index (κ2) is 11.9. The van der Waals surface area contributed by atoms with Gasteiger partial charge in [0.05, 0.1) is 23.3 Å². The van der Waals surface area contributed by atoms with E-state index in [1.807, 2.05) is 60.8 Å². The Morgan fingerprint density at radius 1 is 0.605 bits per heavy atom. The quantitative estimate of drug-likeness (QED) is 0.170. The van der Waals surface area contributed by atoms with Crippen LogP contribution < -0.4 is 4.74 Å². The summed E-state index contributed by atoms with van der Waals surface area (Å²) in [5.41, 5.74) is 7.84. The van der Waals surface area contributed by atoms with Gasteiger partial charge in [-0.2, -0.15) is 0 Å². The van der Waals surface area contributed by atoms with Gasteiger partial charge in [-0.1, -0.05) is 100 Å².